The van der Waals surface area contributed by atoms with E-state index < -0.39 is 40.8 Å². The highest BCUT2D eigenvalue weighted by Gasteiger charge is 2.41. The van der Waals surface area contributed by atoms with Gasteiger partial charge in [0.15, 0.2) is 11.6 Å². The maximum Gasteiger partial charge on any atom is 0.309 e. The van der Waals surface area contributed by atoms with Crippen LogP contribution in [-0.2, 0) is 4.79 Å². The summed E-state index contributed by atoms with van der Waals surface area (Å²) in [6.07, 6.45) is 0.423. The molecule has 1 fully saturated rings. The molecule has 0 amide bonds. The quantitative estimate of drug-likeness (QED) is 0.259. The zero-order chi connectivity index (χ0) is 27.4. The number of hydrogen-bond acceptors (Lipinski definition) is 5. The molecule has 10 heteroatoms. The number of carbonyl (C=O) groups is 1. The molecule has 200 valence electrons. The number of fused-ring (bicyclic) bond motifs is 1. The first-order valence-electron chi connectivity index (χ1n) is 12.0. The smallest absolute Gasteiger partial charge is 0.309 e. The fourth-order valence-corrected chi connectivity index (χ4v) is 4.79. The van der Waals surface area contributed by atoms with Gasteiger partial charge in [-0.2, -0.15) is 0 Å². The molecule has 0 bridgehead atoms. The molecule has 4 rings (SSSR count). The monoisotopic (exact) mass is 530 g/mol. The van der Waals surface area contributed by atoms with Crippen LogP contribution in [0.3, 0.4) is 0 Å². The Kier molecular flexibility index (Phi) is 8.19. The third-order valence-corrected chi connectivity index (χ3v) is 7.08. The van der Waals surface area contributed by atoms with Crippen LogP contribution in [0.4, 0.5) is 17.6 Å². The Labute approximate surface area is 216 Å². The number of aliphatic carboxylic acids is 1. The molecule has 3 aromatic rings. The fourth-order valence-electron chi connectivity index (χ4n) is 4.79. The number of hydrogen-bond donors (Lipinski definition) is 2. The average molecular weight is 531 g/mol. The summed E-state index contributed by atoms with van der Waals surface area (Å²) in [6.45, 7) is 0.883. The number of pyridine rings is 1. The van der Waals surface area contributed by atoms with Gasteiger partial charge in [-0.05, 0) is 49.9 Å². The highest BCUT2D eigenvalue weighted by molar-refractivity contribution is 5.84. The number of rotatable bonds is 7. The SMILES string of the molecule is COc1ccc2ncc(F)c([C@@H](O)CCC3(C(=O)O)CCN(CC#Cc4cc(F)cc(F)c4F)CC3)c2c1. The number of benzene rings is 2. The predicted molar refractivity (Wildman–Crippen MR) is 131 cm³/mol. The Morgan fingerprint density at radius 1 is 1.16 bits per heavy atom. The minimum atomic E-state index is -1.32. The zero-order valence-corrected chi connectivity index (χ0v) is 20.6. The molecule has 0 aliphatic carbocycles. The van der Waals surface area contributed by atoms with Crippen LogP contribution in [-0.4, -0.2) is 52.8 Å². The number of methoxy groups -OCH3 is 1. The van der Waals surface area contributed by atoms with E-state index in [0.29, 0.717) is 35.8 Å². The Morgan fingerprint density at radius 2 is 1.89 bits per heavy atom. The number of aliphatic hydroxyl groups excluding tert-OH is 1. The van der Waals surface area contributed by atoms with Crippen molar-refractivity contribution in [3.05, 3.63) is 70.9 Å². The molecule has 2 aromatic carbocycles. The summed E-state index contributed by atoms with van der Waals surface area (Å²) < 4.78 is 60.4. The van der Waals surface area contributed by atoms with Crippen LogP contribution in [0.15, 0.2) is 36.5 Å². The highest BCUT2D eigenvalue weighted by atomic mass is 19.2. The number of piperidine rings is 1. The van der Waals surface area contributed by atoms with Gasteiger partial charge in [0.1, 0.15) is 17.4 Å². The van der Waals surface area contributed by atoms with Gasteiger partial charge in [0.25, 0.3) is 0 Å². The van der Waals surface area contributed by atoms with Crippen LogP contribution in [0, 0.1) is 40.5 Å². The predicted octanol–water partition coefficient (Wildman–Crippen LogP) is 4.83. The lowest BCUT2D eigenvalue weighted by Gasteiger charge is -2.38. The number of likely N-dealkylation sites (tertiary alicyclic amines) is 1. The lowest BCUT2D eigenvalue weighted by molar-refractivity contribution is -0.153. The van der Waals surface area contributed by atoms with E-state index in [1.807, 2.05) is 4.90 Å². The molecule has 1 saturated heterocycles. The lowest BCUT2D eigenvalue weighted by Crippen LogP contribution is -2.44. The molecule has 0 radical (unpaired) electrons. The minimum absolute atomic E-state index is 0.0176. The van der Waals surface area contributed by atoms with Crippen molar-refractivity contribution in [1.82, 2.24) is 9.88 Å². The average Bonchev–Trinajstić information content (AvgIpc) is 2.90. The van der Waals surface area contributed by atoms with Crippen molar-refractivity contribution in [2.45, 2.75) is 31.8 Å². The molecular formula is C28H26F4N2O4. The summed E-state index contributed by atoms with van der Waals surface area (Å²) in [5.74, 6) is 0.414. The van der Waals surface area contributed by atoms with Gasteiger partial charge in [-0.15, -0.1) is 0 Å². The summed E-state index contributed by atoms with van der Waals surface area (Å²) in [5.41, 5.74) is -0.991. The highest BCUT2D eigenvalue weighted by Crippen LogP contribution is 2.40. The summed E-state index contributed by atoms with van der Waals surface area (Å²) in [5, 5.41) is 21.3. The third kappa shape index (κ3) is 5.74. The first-order chi connectivity index (χ1) is 18.1. The third-order valence-electron chi connectivity index (χ3n) is 7.08. The molecule has 0 saturated carbocycles. The Hall–Kier alpha value is -3.68. The van der Waals surface area contributed by atoms with Gasteiger partial charge < -0.3 is 14.9 Å². The minimum Gasteiger partial charge on any atom is -0.497 e. The Bertz CT molecular complexity index is 1410. The van der Waals surface area contributed by atoms with E-state index >= 15 is 0 Å². The molecule has 38 heavy (non-hydrogen) atoms. The number of halogens is 4. The molecular weight excluding hydrogens is 504 g/mol. The number of nitrogens with zero attached hydrogens (tertiary/aromatic N) is 2. The first kappa shape index (κ1) is 27.4. The summed E-state index contributed by atoms with van der Waals surface area (Å²) in [6, 6.07) is 6.16. The van der Waals surface area contributed by atoms with E-state index in [2.05, 4.69) is 16.8 Å². The molecule has 2 N–H and O–H groups in total. The van der Waals surface area contributed by atoms with Crippen LogP contribution in [0.2, 0.25) is 0 Å². The van der Waals surface area contributed by atoms with E-state index in [-0.39, 0.29) is 43.4 Å². The molecule has 1 aromatic heterocycles. The second-order valence-electron chi connectivity index (χ2n) is 9.37. The van der Waals surface area contributed by atoms with Crippen molar-refractivity contribution >= 4 is 16.9 Å². The second-order valence-corrected chi connectivity index (χ2v) is 9.37. The Morgan fingerprint density at radius 3 is 2.58 bits per heavy atom. The van der Waals surface area contributed by atoms with Gasteiger partial charge >= 0.3 is 5.97 Å². The summed E-state index contributed by atoms with van der Waals surface area (Å²) in [7, 11) is 1.47. The van der Waals surface area contributed by atoms with E-state index in [0.717, 1.165) is 12.3 Å². The van der Waals surface area contributed by atoms with Gasteiger partial charge in [0.05, 0.1) is 42.5 Å². The topological polar surface area (TPSA) is 82.9 Å². The van der Waals surface area contributed by atoms with E-state index in [1.165, 1.54) is 7.11 Å². The van der Waals surface area contributed by atoms with Crippen molar-refractivity contribution in [3.8, 4) is 17.6 Å². The molecule has 1 atom stereocenters. The van der Waals surface area contributed by atoms with Crippen molar-refractivity contribution in [3.63, 3.8) is 0 Å². The lowest BCUT2D eigenvalue weighted by atomic mass is 9.74. The number of aromatic nitrogens is 1. The fraction of sp³-hybridized carbons (Fsp3) is 0.357. The number of carboxylic acids is 1. The van der Waals surface area contributed by atoms with Crippen molar-refractivity contribution in [2.24, 2.45) is 5.41 Å². The Balaban J connectivity index is 1.42. The van der Waals surface area contributed by atoms with E-state index in [9.17, 15) is 32.6 Å². The maximum atomic E-state index is 14.7. The second kappa shape index (κ2) is 11.4. The number of carboxylic acid groups (broad SMARTS) is 1. The van der Waals surface area contributed by atoms with E-state index in [1.54, 1.807) is 18.2 Å². The summed E-state index contributed by atoms with van der Waals surface area (Å²) in [4.78, 5) is 18.2. The van der Waals surface area contributed by atoms with Gasteiger partial charge in [0.2, 0.25) is 0 Å². The van der Waals surface area contributed by atoms with Crippen LogP contribution < -0.4 is 4.74 Å². The van der Waals surface area contributed by atoms with Crippen LogP contribution in [0.1, 0.15) is 42.9 Å². The van der Waals surface area contributed by atoms with Crippen LogP contribution >= 0.6 is 0 Å². The van der Waals surface area contributed by atoms with Crippen LogP contribution in [0.25, 0.3) is 10.9 Å². The first-order valence-corrected chi connectivity index (χ1v) is 12.0. The van der Waals surface area contributed by atoms with Gasteiger partial charge in [-0.1, -0.05) is 11.8 Å². The molecule has 6 nitrogen and oxygen atoms in total. The van der Waals surface area contributed by atoms with Crippen molar-refractivity contribution < 1.29 is 37.3 Å². The molecule has 1 aliphatic heterocycles. The van der Waals surface area contributed by atoms with Gasteiger partial charge in [-0.3, -0.25) is 14.7 Å². The largest absolute Gasteiger partial charge is 0.497 e. The number of aliphatic hydroxyl groups is 1. The van der Waals surface area contributed by atoms with Gasteiger partial charge in [0, 0.05) is 30.1 Å². The van der Waals surface area contributed by atoms with Crippen molar-refractivity contribution in [2.75, 3.05) is 26.7 Å². The van der Waals surface area contributed by atoms with Gasteiger partial charge in [-0.25, -0.2) is 17.6 Å². The molecule has 2 heterocycles. The molecule has 1 aliphatic rings. The van der Waals surface area contributed by atoms with Crippen LogP contribution in [0.5, 0.6) is 5.75 Å². The summed E-state index contributed by atoms with van der Waals surface area (Å²) >= 11 is 0. The van der Waals surface area contributed by atoms with E-state index in [4.69, 9.17) is 4.74 Å². The number of ether oxygens (including phenoxy) is 1. The maximum absolute atomic E-state index is 14.7. The zero-order valence-electron chi connectivity index (χ0n) is 20.6. The van der Waals surface area contributed by atoms with Crippen molar-refractivity contribution in [1.29, 1.82) is 0 Å². The standard InChI is InChI=1S/C28H26F4N2O4/c1-38-19-4-5-23-20(15-19)25(22(31)16-33-23)24(35)6-7-28(27(36)37)8-11-34(12-9-28)10-2-3-17-13-18(29)14-21(30)26(17)32/h4-5,13-16,24,35H,6-12H2,1H3,(H,36,37)/t24-/m0/s1. The molecule has 0 unspecified atom stereocenters. The normalized spacial score (nSPS) is 16.1. The molecule has 0 spiro atoms.